The molecule has 0 radical (unpaired) electrons. The molecule has 0 spiro atoms. The fraction of sp³-hybridized carbons (Fsp3) is 0.385. The number of hydrogen-bond acceptors (Lipinski definition) is 2. The molecule has 1 rings (SSSR count). The molecule has 0 aliphatic rings. The summed E-state index contributed by atoms with van der Waals surface area (Å²) in [6.45, 7) is 6.72. The second-order valence-electron chi connectivity index (χ2n) is 3.22. The Balaban J connectivity index is 2.53. The average Bonchev–Trinajstić information content (AvgIpc) is 2.26. The van der Waals surface area contributed by atoms with Crippen LogP contribution in [0.5, 0.6) is 5.75 Å². The minimum atomic E-state index is 0.713. The topological polar surface area (TPSA) is 21.3 Å². The van der Waals surface area contributed by atoms with Crippen molar-refractivity contribution in [2.45, 2.75) is 13.8 Å². The first-order chi connectivity index (χ1) is 7.36. The minimum Gasteiger partial charge on any atom is -0.494 e. The van der Waals surface area contributed by atoms with Crippen molar-refractivity contribution in [3.8, 4) is 5.75 Å². The van der Waals surface area contributed by atoms with Crippen molar-refractivity contribution in [3.63, 3.8) is 0 Å². The Kier molecular flexibility index (Phi) is 5.56. The molecule has 0 aromatic heterocycles. The second-order valence-corrected chi connectivity index (χ2v) is 3.22. The fourth-order valence-corrected chi connectivity index (χ4v) is 1.30. The fourth-order valence-electron chi connectivity index (χ4n) is 1.30. The van der Waals surface area contributed by atoms with E-state index < -0.39 is 0 Å². The van der Waals surface area contributed by atoms with E-state index in [2.05, 4.69) is 30.5 Å². The summed E-state index contributed by atoms with van der Waals surface area (Å²) in [6, 6.07) is 8.11. The molecule has 82 valence electrons. The Hall–Kier alpha value is -1.28. The lowest BCUT2D eigenvalue weighted by Gasteiger charge is -2.03. The highest BCUT2D eigenvalue weighted by Crippen LogP contribution is 2.14. The number of likely N-dealkylation sites (N-methyl/N-ethyl adjacent to an activating group) is 1. The van der Waals surface area contributed by atoms with Crippen LogP contribution in [0, 0.1) is 0 Å². The molecule has 0 unspecified atom stereocenters. The van der Waals surface area contributed by atoms with Gasteiger partial charge in [0.1, 0.15) is 5.75 Å². The molecule has 0 saturated carbocycles. The Bertz CT molecular complexity index is 307. The van der Waals surface area contributed by atoms with Crippen LogP contribution in [0.3, 0.4) is 0 Å². The third-order valence-corrected chi connectivity index (χ3v) is 1.99. The van der Waals surface area contributed by atoms with Crippen molar-refractivity contribution >= 4 is 6.08 Å². The third-order valence-electron chi connectivity index (χ3n) is 1.99. The van der Waals surface area contributed by atoms with Crippen molar-refractivity contribution in [2.24, 2.45) is 0 Å². The molecular formula is C13H19NO. The molecular weight excluding hydrogens is 186 g/mol. The second kappa shape index (κ2) is 7.07. The lowest BCUT2D eigenvalue weighted by molar-refractivity contribution is 0.340. The molecule has 0 aliphatic heterocycles. The molecule has 2 nitrogen and oxygen atoms in total. The van der Waals surface area contributed by atoms with Gasteiger partial charge in [0.15, 0.2) is 0 Å². The highest BCUT2D eigenvalue weighted by Gasteiger charge is 1.91. The van der Waals surface area contributed by atoms with Crippen LogP contribution >= 0.6 is 0 Å². The van der Waals surface area contributed by atoms with Gasteiger partial charge in [0.05, 0.1) is 6.61 Å². The Labute approximate surface area is 92.0 Å². The first-order valence-electron chi connectivity index (χ1n) is 5.47. The van der Waals surface area contributed by atoms with Gasteiger partial charge in [-0.15, -0.1) is 0 Å². The first-order valence-corrected chi connectivity index (χ1v) is 5.47. The largest absolute Gasteiger partial charge is 0.494 e. The monoisotopic (exact) mass is 205 g/mol. The first kappa shape index (κ1) is 11.8. The van der Waals surface area contributed by atoms with E-state index in [9.17, 15) is 0 Å². The summed E-state index contributed by atoms with van der Waals surface area (Å²) in [5, 5.41) is 3.24. The van der Waals surface area contributed by atoms with Gasteiger partial charge in [0.2, 0.25) is 0 Å². The highest BCUT2D eigenvalue weighted by molar-refractivity contribution is 5.51. The summed E-state index contributed by atoms with van der Waals surface area (Å²) in [6.07, 6.45) is 4.22. The summed E-state index contributed by atoms with van der Waals surface area (Å²) in [5.74, 6) is 0.933. The molecule has 15 heavy (non-hydrogen) atoms. The summed E-state index contributed by atoms with van der Waals surface area (Å²) < 4.78 is 5.42. The smallest absolute Gasteiger partial charge is 0.119 e. The molecule has 0 atom stereocenters. The maximum absolute atomic E-state index is 5.42. The normalized spacial score (nSPS) is 10.8. The zero-order chi connectivity index (χ0) is 10.9. The van der Waals surface area contributed by atoms with E-state index in [4.69, 9.17) is 4.74 Å². The summed E-state index contributed by atoms with van der Waals surface area (Å²) in [5.41, 5.74) is 1.18. The van der Waals surface area contributed by atoms with Crippen LogP contribution in [0.1, 0.15) is 19.4 Å². The van der Waals surface area contributed by atoms with Crippen LogP contribution in [0.15, 0.2) is 30.3 Å². The lowest BCUT2D eigenvalue weighted by atomic mass is 10.2. The van der Waals surface area contributed by atoms with E-state index in [1.54, 1.807) is 0 Å². The molecule has 0 aliphatic carbocycles. The Morgan fingerprint density at radius 2 is 2.20 bits per heavy atom. The zero-order valence-electron chi connectivity index (χ0n) is 9.49. The average molecular weight is 205 g/mol. The van der Waals surface area contributed by atoms with E-state index in [0.29, 0.717) is 6.61 Å². The van der Waals surface area contributed by atoms with Crippen molar-refractivity contribution in [3.05, 3.63) is 35.9 Å². The number of ether oxygens (including phenoxy) is 1. The van der Waals surface area contributed by atoms with Gasteiger partial charge in [0.25, 0.3) is 0 Å². The molecule has 0 bridgehead atoms. The number of hydrogen-bond donors (Lipinski definition) is 1. The zero-order valence-corrected chi connectivity index (χ0v) is 9.49. The maximum Gasteiger partial charge on any atom is 0.119 e. The maximum atomic E-state index is 5.42. The van der Waals surface area contributed by atoms with E-state index in [-0.39, 0.29) is 0 Å². The number of benzene rings is 1. The van der Waals surface area contributed by atoms with Crippen molar-refractivity contribution in [2.75, 3.05) is 19.7 Å². The number of rotatable bonds is 6. The molecule has 1 aromatic carbocycles. The molecule has 0 fully saturated rings. The van der Waals surface area contributed by atoms with Crippen molar-refractivity contribution in [1.29, 1.82) is 0 Å². The van der Waals surface area contributed by atoms with E-state index >= 15 is 0 Å². The predicted molar refractivity (Wildman–Crippen MR) is 65.2 cm³/mol. The Morgan fingerprint density at radius 3 is 2.93 bits per heavy atom. The standard InChI is InChI=1S/C13H19NO/c1-3-14-10-6-8-12-7-5-9-13(11-12)15-4-2/h5-9,11,14H,3-4,10H2,1-2H3. The quantitative estimate of drug-likeness (QED) is 0.721. The van der Waals surface area contributed by atoms with Gasteiger partial charge >= 0.3 is 0 Å². The van der Waals surface area contributed by atoms with Gasteiger partial charge in [0, 0.05) is 6.54 Å². The van der Waals surface area contributed by atoms with Gasteiger partial charge in [-0.1, -0.05) is 31.2 Å². The molecule has 2 heteroatoms. The van der Waals surface area contributed by atoms with Crippen LogP contribution < -0.4 is 10.1 Å². The molecule has 0 heterocycles. The van der Waals surface area contributed by atoms with Crippen LogP contribution in [-0.4, -0.2) is 19.7 Å². The van der Waals surface area contributed by atoms with E-state index in [0.717, 1.165) is 18.8 Å². The molecule has 0 saturated heterocycles. The van der Waals surface area contributed by atoms with Crippen LogP contribution in [-0.2, 0) is 0 Å². The molecule has 1 N–H and O–H groups in total. The molecule has 0 amide bonds. The van der Waals surface area contributed by atoms with Crippen LogP contribution in [0.4, 0.5) is 0 Å². The van der Waals surface area contributed by atoms with Gasteiger partial charge in [-0.25, -0.2) is 0 Å². The van der Waals surface area contributed by atoms with Crippen molar-refractivity contribution < 1.29 is 4.74 Å². The van der Waals surface area contributed by atoms with Crippen molar-refractivity contribution in [1.82, 2.24) is 5.32 Å². The molecule has 1 aromatic rings. The minimum absolute atomic E-state index is 0.713. The van der Waals surface area contributed by atoms with Gasteiger partial charge in [-0.2, -0.15) is 0 Å². The van der Waals surface area contributed by atoms with Gasteiger partial charge < -0.3 is 10.1 Å². The number of nitrogens with one attached hydrogen (secondary N) is 1. The van der Waals surface area contributed by atoms with Crippen LogP contribution in [0.25, 0.3) is 6.08 Å². The SMILES string of the molecule is CCNCC=Cc1cccc(OCC)c1. The predicted octanol–water partition coefficient (Wildman–Crippen LogP) is 2.71. The summed E-state index contributed by atoms with van der Waals surface area (Å²) >= 11 is 0. The van der Waals surface area contributed by atoms with Gasteiger partial charge in [-0.05, 0) is 31.2 Å². The van der Waals surface area contributed by atoms with E-state index in [1.807, 2.05) is 25.1 Å². The summed E-state index contributed by atoms with van der Waals surface area (Å²) in [4.78, 5) is 0. The summed E-state index contributed by atoms with van der Waals surface area (Å²) in [7, 11) is 0. The van der Waals surface area contributed by atoms with Gasteiger partial charge in [-0.3, -0.25) is 0 Å². The third kappa shape index (κ3) is 4.66. The highest BCUT2D eigenvalue weighted by atomic mass is 16.5. The lowest BCUT2D eigenvalue weighted by Crippen LogP contribution is -2.11. The van der Waals surface area contributed by atoms with E-state index in [1.165, 1.54) is 5.56 Å². The Morgan fingerprint density at radius 1 is 1.33 bits per heavy atom. The van der Waals surface area contributed by atoms with Crippen LogP contribution in [0.2, 0.25) is 0 Å².